The molecule has 4 amide bonds. The first-order chi connectivity index (χ1) is 29.1. The van der Waals surface area contributed by atoms with Crippen molar-refractivity contribution in [1.82, 2.24) is 30.2 Å². The van der Waals surface area contributed by atoms with Crippen LogP contribution in [-0.4, -0.2) is 118 Å². The number of likely N-dealkylation sites (tertiary alicyclic amines) is 2. The minimum absolute atomic E-state index is 0.0143. The van der Waals surface area contributed by atoms with Gasteiger partial charge in [-0.1, -0.05) is 54.6 Å². The number of hydrogen-bond donors (Lipinski definition) is 2. The predicted octanol–water partition coefficient (Wildman–Crippen LogP) is 5.42. The second kappa shape index (κ2) is 17.8. The Bertz CT molecular complexity index is 2190. The molecule has 2 N–H and O–H groups in total. The predicted molar refractivity (Wildman–Crippen MR) is 227 cm³/mol. The SMILES string of the molecule is Cc1ccccc1OC1(C(=O)N(C)C2CCN(C(=O)CN3CCC(c4ccc(C5CCC(=O)NC5=O)cc4)CC3)CC2)CCN(c2cnnc(-c3ccccc3O)c2)CC1. The number of ether oxygens (including phenoxy) is 1. The lowest BCUT2D eigenvalue weighted by atomic mass is 9.86. The number of phenols is 1. The highest BCUT2D eigenvalue weighted by Crippen LogP contribution is 2.37. The summed E-state index contributed by atoms with van der Waals surface area (Å²) in [5.74, 6) is 0.648. The number of aromatic nitrogens is 2. The molecule has 0 spiro atoms. The lowest BCUT2D eigenvalue weighted by Crippen LogP contribution is -2.60. The number of anilines is 1. The van der Waals surface area contributed by atoms with Gasteiger partial charge in [0.1, 0.15) is 11.5 Å². The van der Waals surface area contributed by atoms with Gasteiger partial charge >= 0.3 is 0 Å². The molecular weight excluding hydrogens is 759 g/mol. The Morgan fingerprint density at radius 3 is 2.25 bits per heavy atom. The van der Waals surface area contributed by atoms with E-state index in [-0.39, 0.29) is 41.3 Å². The number of amides is 4. The van der Waals surface area contributed by atoms with Crippen LogP contribution in [0.15, 0.2) is 85.1 Å². The molecule has 1 atom stereocenters. The number of phenolic OH excluding ortho intramolecular Hbond substituents is 1. The molecular formula is C47H55N7O6. The fraction of sp³-hybridized carbons (Fsp3) is 0.447. The normalized spacial score (nSPS) is 20.4. The van der Waals surface area contributed by atoms with E-state index in [0.29, 0.717) is 94.2 Å². The van der Waals surface area contributed by atoms with E-state index >= 15 is 0 Å². The average Bonchev–Trinajstić information content (AvgIpc) is 3.27. The Morgan fingerprint density at radius 1 is 0.867 bits per heavy atom. The van der Waals surface area contributed by atoms with Crippen molar-refractivity contribution < 1.29 is 29.0 Å². The molecule has 60 heavy (non-hydrogen) atoms. The third kappa shape index (κ3) is 8.86. The average molecular weight is 814 g/mol. The van der Waals surface area contributed by atoms with Crippen LogP contribution in [0.1, 0.15) is 79.9 Å². The van der Waals surface area contributed by atoms with Crippen LogP contribution in [0.3, 0.4) is 0 Å². The molecule has 4 saturated heterocycles. The summed E-state index contributed by atoms with van der Waals surface area (Å²) in [6.45, 7) is 6.41. The third-order valence-electron chi connectivity index (χ3n) is 13.2. The monoisotopic (exact) mass is 813 g/mol. The first kappa shape index (κ1) is 40.9. The van der Waals surface area contributed by atoms with Gasteiger partial charge in [0, 0.05) is 64.1 Å². The number of para-hydroxylation sites is 2. The van der Waals surface area contributed by atoms with E-state index < -0.39 is 5.60 Å². The van der Waals surface area contributed by atoms with Crippen LogP contribution < -0.4 is 15.0 Å². The Balaban J connectivity index is 0.846. The zero-order valence-corrected chi connectivity index (χ0v) is 34.6. The summed E-state index contributed by atoms with van der Waals surface area (Å²) in [6.07, 6.45) is 6.91. The smallest absolute Gasteiger partial charge is 0.266 e. The zero-order valence-electron chi connectivity index (χ0n) is 34.6. The van der Waals surface area contributed by atoms with Gasteiger partial charge in [0.15, 0.2) is 5.60 Å². The summed E-state index contributed by atoms with van der Waals surface area (Å²) in [5, 5.41) is 21.4. The lowest BCUT2D eigenvalue weighted by molar-refractivity contribution is -0.152. The van der Waals surface area contributed by atoms with Crippen LogP contribution in [0.4, 0.5) is 5.69 Å². The zero-order chi connectivity index (χ0) is 41.8. The minimum Gasteiger partial charge on any atom is -0.507 e. The quantitative estimate of drug-likeness (QED) is 0.199. The number of aromatic hydroxyl groups is 1. The highest BCUT2D eigenvalue weighted by atomic mass is 16.5. The van der Waals surface area contributed by atoms with E-state index in [0.717, 1.165) is 42.7 Å². The summed E-state index contributed by atoms with van der Waals surface area (Å²) < 4.78 is 6.78. The number of aryl methyl sites for hydroxylation is 1. The first-order valence-corrected chi connectivity index (χ1v) is 21.4. The number of likely N-dealkylation sites (N-methyl/N-ethyl adjacent to an activating group) is 1. The maximum atomic E-state index is 14.7. The molecule has 4 fully saturated rings. The number of rotatable bonds is 10. The molecule has 0 saturated carbocycles. The second-order valence-corrected chi connectivity index (χ2v) is 16.9. The summed E-state index contributed by atoms with van der Waals surface area (Å²) in [4.78, 5) is 60.4. The molecule has 3 aromatic carbocycles. The number of carbonyl (C=O) groups is 4. The highest BCUT2D eigenvalue weighted by Gasteiger charge is 2.47. The Morgan fingerprint density at radius 2 is 1.55 bits per heavy atom. The molecule has 314 valence electrons. The molecule has 1 aromatic heterocycles. The van der Waals surface area contributed by atoms with Gasteiger partial charge in [-0.15, -0.1) is 0 Å². The van der Waals surface area contributed by atoms with E-state index in [1.807, 2.05) is 78.4 Å². The van der Waals surface area contributed by atoms with Gasteiger partial charge in [0.05, 0.1) is 30.0 Å². The number of hydrogen-bond acceptors (Lipinski definition) is 10. The number of carbonyl (C=O) groups excluding carboxylic acids is 4. The number of piperidine rings is 4. The largest absolute Gasteiger partial charge is 0.507 e. The van der Waals surface area contributed by atoms with E-state index in [1.54, 1.807) is 18.3 Å². The molecule has 0 aliphatic carbocycles. The molecule has 5 heterocycles. The fourth-order valence-electron chi connectivity index (χ4n) is 9.44. The van der Waals surface area contributed by atoms with Crippen LogP contribution in [0.2, 0.25) is 0 Å². The third-order valence-corrected chi connectivity index (χ3v) is 13.2. The second-order valence-electron chi connectivity index (χ2n) is 16.9. The highest BCUT2D eigenvalue weighted by molar-refractivity contribution is 6.01. The molecule has 4 aliphatic rings. The molecule has 4 aliphatic heterocycles. The van der Waals surface area contributed by atoms with Gasteiger partial charge in [-0.3, -0.25) is 29.4 Å². The number of benzene rings is 3. The van der Waals surface area contributed by atoms with Crippen LogP contribution in [-0.2, 0) is 19.2 Å². The Labute approximate surface area is 351 Å². The summed E-state index contributed by atoms with van der Waals surface area (Å²) >= 11 is 0. The van der Waals surface area contributed by atoms with Crippen LogP contribution in [0, 0.1) is 6.92 Å². The van der Waals surface area contributed by atoms with Crippen molar-refractivity contribution >= 4 is 29.3 Å². The van der Waals surface area contributed by atoms with E-state index in [2.05, 4.69) is 37.4 Å². The molecule has 0 bridgehead atoms. The van der Waals surface area contributed by atoms with E-state index in [9.17, 15) is 24.3 Å². The van der Waals surface area contributed by atoms with E-state index in [1.165, 1.54) is 5.56 Å². The van der Waals surface area contributed by atoms with Crippen molar-refractivity contribution in [3.8, 4) is 22.8 Å². The molecule has 4 aromatic rings. The summed E-state index contributed by atoms with van der Waals surface area (Å²) in [5.41, 5.74) is 4.16. The van der Waals surface area contributed by atoms with Crippen molar-refractivity contribution in [1.29, 1.82) is 0 Å². The topological polar surface area (TPSA) is 149 Å². The van der Waals surface area contributed by atoms with Crippen LogP contribution in [0.5, 0.6) is 11.5 Å². The molecule has 8 rings (SSSR count). The van der Waals surface area contributed by atoms with Crippen molar-refractivity contribution in [2.24, 2.45) is 0 Å². The Hall–Kier alpha value is -5.82. The van der Waals surface area contributed by atoms with Gasteiger partial charge in [-0.05, 0) is 99.0 Å². The van der Waals surface area contributed by atoms with Gasteiger partial charge in [-0.2, -0.15) is 10.2 Å². The molecule has 1 unspecified atom stereocenters. The standard InChI is InChI=1S/C47H55N7O6/c1-32-7-3-6-10-42(32)60-47(21-27-53(28-22-47)37-29-40(50-48-30-37)39-8-4-5-9-41(39)55)46(59)51(2)36-19-25-54(26-20-36)44(57)31-52-23-17-34(18-24-52)33-11-13-35(14-12-33)38-15-16-43(56)49-45(38)58/h3-14,29-30,34,36,38,55H,15-28,31H2,1-2H3,(H,49,56,58). The number of nitrogens with one attached hydrogen (secondary N) is 1. The number of imide groups is 1. The van der Waals surface area contributed by atoms with Gasteiger partial charge in [0.25, 0.3) is 5.91 Å². The minimum atomic E-state index is -1.06. The van der Waals surface area contributed by atoms with Crippen LogP contribution in [0.25, 0.3) is 11.3 Å². The summed E-state index contributed by atoms with van der Waals surface area (Å²) in [6, 6.07) is 25.1. The maximum absolute atomic E-state index is 14.7. The van der Waals surface area contributed by atoms with Crippen molar-refractivity contribution in [3.05, 3.63) is 102 Å². The van der Waals surface area contributed by atoms with Gasteiger partial charge < -0.3 is 24.5 Å². The van der Waals surface area contributed by atoms with Crippen molar-refractivity contribution in [2.75, 3.05) is 57.8 Å². The van der Waals surface area contributed by atoms with Gasteiger partial charge in [0.2, 0.25) is 17.7 Å². The van der Waals surface area contributed by atoms with Crippen molar-refractivity contribution in [2.45, 2.75) is 81.8 Å². The van der Waals surface area contributed by atoms with Gasteiger partial charge in [-0.25, -0.2) is 0 Å². The van der Waals surface area contributed by atoms with E-state index in [4.69, 9.17) is 4.74 Å². The fourth-order valence-corrected chi connectivity index (χ4v) is 9.44. The Kier molecular flexibility index (Phi) is 12.1. The molecule has 13 heteroatoms. The molecule has 0 radical (unpaired) electrons. The molecule has 13 nitrogen and oxygen atoms in total. The maximum Gasteiger partial charge on any atom is 0.266 e. The van der Waals surface area contributed by atoms with Crippen molar-refractivity contribution in [3.63, 3.8) is 0 Å². The summed E-state index contributed by atoms with van der Waals surface area (Å²) in [7, 11) is 1.89. The number of nitrogens with zero attached hydrogens (tertiary/aromatic N) is 6. The lowest BCUT2D eigenvalue weighted by Gasteiger charge is -2.45. The van der Waals surface area contributed by atoms with Crippen LogP contribution >= 0.6 is 0 Å². The first-order valence-electron chi connectivity index (χ1n) is 21.4.